The highest BCUT2D eigenvalue weighted by atomic mass is 19.1. The molecule has 0 aromatic heterocycles. The molecule has 2 rings (SSSR count). The Morgan fingerprint density at radius 3 is 2.67 bits per heavy atom. The minimum absolute atomic E-state index is 0.0954. The lowest BCUT2D eigenvalue weighted by Gasteiger charge is -2.13. The fraction of sp³-hybridized carbons (Fsp3) is 0.294. The van der Waals surface area contributed by atoms with Crippen LogP contribution in [0.3, 0.4) is 0 Å². The normalized spacial score (nSPS) is 10.7. The first-order valence-corrected chi connectivity index (χ1v) is 7.09. The molecular weight excluding hydrogens is 267 g/mol. The van der Waals surface area contributed by atoms with Crippen molar-refractivity contribution in [3.63, 3.8) is 0 Å². The summed E-state index contributed by atoms with van der Waals surface area (Å²) in [4.78, 5) is 0. The van der Waals surface area contributed by atoms with E-state index in [-0.39, 0.29) is 11.9 Å². The zero-order valence-corrected chi connectivity index (χ0v) is 12.4. The lowest BCUT2D eigenvalue weighted by molar-refractivity contribution is 0.242. The van der Waals surface area contributed by atoms with E-state index in [1.54, 1.807) is 18.2 Å². The van der Waals surface area contributed by atoms with Gasteiger partial charge >= 0.3 is 0 Å². The Hall–Kier alpha value is -2.23. The molecule has 0 saturated heterocycles. The van der Waals surface area contributed by atoms with Gasteiger partial charge in [-0.2, -0.15) is 0 Å². The van der Waals surface area contributed by atoms with Crippen LogP contribution in [0.4, 0.5) is 15.8 Å². The van der Waals surface area contributed by atoms with Crippen molar-refractivity contribution in [1.82, 2.24) is 0 Å². The Labute approximate surface area is 124 Å². The highest BCUT2D eigenvalue weighted by Crippen LogP contribution is 2.23. The number of anilines is 2. The van der Waals surface area contributed by atoms with Crippen molar-refractivity contribution in [2.24, 2.45) is 0 Å². The van der Waals surface area contributed by atoms with Crippen LogP contribution < -0.4 is 15.8 Å². The van der Waals surface area contributed by atoms with E-state index in [4.69, 9.17) is 10.5 Å². The largest absolute Gasteiger partial charge is 0.491 e. The first-order chi connectivity index (χ1) is 10.0. The Bertz CT molecular complexity index is 599. The third-order valence-electron chi connectivity index (χ3n) is 2.98. The fourth-order valence-electron chi connectivity index (χ4n) is 2.11. The van der Waals surface area contributed by atoms with Gasteiger partial charge in [0, 0.05) is 30.1 Å². The van der Waals surface area contributed by atoms with Crippen LogP contribution in [0.15, 0.2) is 42.5 Å². The molecule has 0 fully saturated rings. The first-order valence-electron chi connectivity index (χ1n) is 7.09. The van der Waals surface area contributed by atoms with Gasteiger partial charge in [0.05, 0.1) is 6.10 Å². The van der Waals surface area contributed by atoms with E-state index < -0.39 is 0 Å². The molecule has 2 aromatic rings. The Morgan fingerprint density at radius 2 is 1.95 bits per heavy atom. The second kappa shape index (κ2) is 6.97. The molecule has 0 bridgehead atoms. The van der Waals surface area contributed by atoms with E-state index in [2.05, 4.69) is 5.32 Å². The van der Waals surface area contributed by atoms with E-state index in [1.165, 1.54) is 6.07 Å². The lowest BCUT2D eigenvalue weighted by Crippen LogP contribution is -2.08. The first kappa shape index (κ1) is 15.2. The number of nitrogen functional groups attached to an aromatic ring is 1. The summed E-state index contributed by atoms with van der Waals surface area (Å²) in [6.07, 6.45) is 0.708. The fourth-order valence-corrected chi connectivity index (χ4v) is 2.11. The monoisotopic (exact) mass is 288 g/mol. The maximum atomic E-state index is 13.5. The van der Waals surface area contributed by atoms with Crippen LogP contribution in [0.25, 0.3) is 0 Å². The van der Waals surface area contributed by atoms with Crippen molar-refractivity contribution in [3.05, 3.63) is 53.8 Å². The molecule has 0 radical (unpaired) electrons. The van der Waals surface area contributed by atoms with E-state index in [0.717, 1.165) is 11.4 Å². The quantitative estimate of drug-likeness (QED) is 0.794. The van der Waals surface area contributed by atoms with Crippen LogP contribution in [-0.4, -0.2) is 12.6 Å². The Kier molecular flexibility index (Phi) is 5.04. The smallest absolute Gasteiger partial charge is 0.126 e. The number of rotatable bonds is 6. The second-order valence-corrected chi connectivity index (χ2v) is 5.23. The molecule has 0 unspecified atom stereocenters. The van der Waals surface area contributed by atoms with Crippen molar-refractivity contribution in [3.8, 4) is 5.75 Å². The second-order valence-electron chi connectivity index (χ2n) is 5.23. The molecule has 0 aliphatic rings. The average molecular weight is 288 g/mol. The molecule has 0 aliphatic heterocycles. The van der Waals surface area contributed by atoms with Crippen LogP contribution >= 0.6 is 0 Å². The third kappa shape index (κ3) is 4.67. The molecule has 0 atom stereocenters. The summed E-state index contributed by atoms with van der Waals surface area (Å²) < 4.78 is 19.2. The highest BCUT2D eigenvalue weighted by molar-refractivity contribution is 5.59. The maximum Gasteiger partial charge on any atom is 0.126 e. The number of benzene rings is 2. The van der Waals surface area contributed by atoms with Crippen molar-refractivity contribution < 1.29 is 9.13 Å². The molecule has 4 heteroatoms. The minimum atomic E-state index is -0.171. The van der Waals surface area contributed by atoms with Gasteiger partial charge in [0.25, 0.3) is 0 Å². The van der Waals surface area contributed by atoms with Crippen LogP contribution in [0, 0.1) is 5.82 Å². The van der Waals surface area contributed by atoms with Gasteiger partial charge in [0.15, 0.2) is 0 Å². The molecule has 0 aliphatic carbocycles. The van der Waals surface area contributed by atoms with Crippen molar-refractivity contribution in [2.75, 3.05) is 17.6 Å². The molecule has 0 amide bonds. The Morgan fingerprint density at radius 1 is 1.19 bits per heavy atom. The zero-order valence-electron chi connectivity index (χ0n) is 12.4. The van der Waals surface area contributed by atoms with Gasteiger partial charge in [-0.05, 0) is 38.0 Å². The third-order valence-corrected chi connectivity index (χ3v) is 2.98. The average Bonchev–Trinajstić information content (AvgIpc) is 2.39. The number of hydrogen-bond acceptors (Lipinski definition) is 3. The summed E-state index contributed by atoms with van der Waals surface area (Å²) in [7, 11) is 0. The van der Waals surface area contributed by atoms with Gasteiger partial charge in [-0.15, -0.1) is 0 Å². The van der Waals surface area contributed by atoms with Gasteiger partial charge in [-0.1, -0.05) is 18.2 Å². The summed E-state index contributed by atoms with van der Waals surface area (Å²) in [5.41, 5.74) is 8.08. The summed E-state index contributed by atoms with van der Waals surface area (Å²) in [6.45, 7) is 4.56. The summed E-state index contributed by atoms with van der Waals surface area (Å²) in [6, 6.07) is 12.3. The van der Waals surface area contributed by atoms with Gasteiger partial charge in [-0.3, -0.25) is 0 Å². The number of ether oxygens (including phenoxy) is 1. The zero-order chi connectivity index (χ0) is 15.2. The molecule has 0 saturated carbocycles. The van der Waals surface area contributed by atoms with Gasteiger partial charge in [-0.25, -0.2) is 4.39 Å². The predicted molar refractivity (Wildman–Crippen MR) is 85.2 cm³/mol. The van der Waals surface area contributed by atoms with Gasteiger partial charge in [0.1, 0.15) is 11.6 Å². The van der Waals surface area contributed by atoms with Crippen LogP contribution in [0.1, 0.15) is 19.4 Å². The van der Waals surface area contributed by atoms with Gasteiger partial charge in [0.2, 0.25) is 0 Å². The molecule has 3 N–H and O–H groups in total. The minimum Gasteiger partial charge on any atom is -0.491 e. The van der Waals surface area contributed by atoms with Crippen molar-refractivity contribution in [2.45, 2.75) is 26.4 Å². The highest BCUT2D eigenvalue weighted by Gasteiger charge is 2.03. The van der Waals surface area contributed by atoms with Crippen LogP contribution in [0.2, 0.25) is 0 Å². The maximum absolute atomic E-state index is 13.5. The van der Waals surface area contributed by atoms with E-state index >= 15 is 0 Å². The SMILES string of the molecule is CC(C)Oc1cc(N)cc(NCCc2ccccc2F)c1. The van der Waals surface area contributed by atoms with E-state index in [1.807, 2.05) is 32.0 Å². The molecule has 3 nitrogen and oxygen atoms in total. The number of hydrogen-bond donors (Lipinski definition) is 2. The molecular formula is C17H21FN2O. The standard InChI is InChI=1S/C17H21FN2O/c1-12(2)21-16-10-14(19)9-15(11-16)20-8-7-13-5-3-4-6-17(13)18/h3-6,9-12,20H,7-8,19H2,1-2H3. The summed E-state index contributed by atoms with van der Waals surface area (Å²) in [5, 5.41) is 3.25. The summed E-state index contributed by atoms with van der Waals surface area (Å²) >= 11 is 0. The summed E-state index contributed by atoms with van der Waals surface area (Å²) in [5.74, 6) is 0.564. The molecule has 112 valence electrons. The van der Waals surface area contributed by atoms with Crippen LogP contribution in [-0.2, 0) is 6.42 Å². The van der Waals surface area contributed by atoms with E-state index in [9.17, 15) is 4.39 Å². The van der Waals surface area contributed by atoms with E-state index in [0.29, 0.717) is 24.2 Å². The lowest BCUT2D eigenvalue weighted by atomic mass is 10.1. The topological polar surface area (TPSA) is 47.3 Å². The Balaban J connectivity index is 1.97. The molecule has 21 heavy (non-hydrogen) atoms. The number of halogens is 1. The van der Waals surface area contributed by atoms with Crippen LogP contribution in [0.5, 0.6) is 5.75 Å². The molecule has 2 aromatic carbocycles. The number of nitrogens with one attached hydrogen (secondary N) is 1. The molecule has 0 spiro atoms. The molecule has 0 heterocycles. The predicted octanol–water partition coefficient (Wildman–Crippen LogP) is 3.85. The van der Waals surface area contributed by atoms with Gasteiger partial charge < -0.3 is 15.8 Å². The van der Waals surface area contributed by atoms with Crippen molar-refractivity contribution >= 4 is 11.4 Å². The van der Waals surface area contributed by atoms with Crippen molar-refractivity contribution in [1.29, 1.82) is 0 Å². The number of nitrogens with two attached hydrogens (primary N) is 1.